The molecule has 7 nitrogen and oxygen atoms in total. The number of rotatable bonds is 4. The van der Waals surface area contributed by atoms with Gasteiger partial charge in [0.1, 0.15) is 5.54 Å². The maximum Gasteiger partial charge on any atom is 0.325 e. The number of ether oxygens (including phenoxy) is 2. The molecule has 1 fully saturated rings. The Morgan fingerprint density at radius 3 is 2.55 bits per heavy atom. The number of carbonyl (C=O) groups excluding carboxylic acids is 2. The largest absolute Gasteiger partial charge is 0.490 e. The molecule has 0 aromatic heterocycles. The number of nitrogens with zero attached hydrogens (tertiary/aromatic N) is 1. The van der Waals surface area contributed by atoms with Crippen LogP contribution in [0.2, 0.25) is 5.02 Å². The third kappa shape index (κ3) is 3.63. The summed E-state index contributed by atoms with van der Waals surface area (Å²) in [5.74, 6) is 0.717. The number of aliphatic hydroxyl groups excluding tert-OH is 1. The number of aliphatic hydroxyl groups is 1. The van der Waals surface area contributed by atoms with E-state index in [9.17, 15) is 14.7 Å². The zero-order chi connectivity index (χ0) is 20.6. The number of nitrogens with one attached hydrogen (secondary N) is 1. The highest BCUT2D eigenvalue weighted by molar-refractivity contribution is 6.30. The molecule has 2 aromatic carbocycles. The normalized spacial score (nSPS) is 22.2. The minimum Gasteiger partial charge on any atom is -0.490 e. The number of halogens is 1. The van der Waals surface area contributed by atoms with E-state index in [1.165, 1.54) is 0 Å². The van der Waals surface area contributed by atoms with Crippen LogP contribution in [0.3, 0.4) is 0 Å². The Balaban J connectivity index is 1.57. The fourth-order valence-corrected chi connectivity index (χ4v) is 3.62. The van der Waals surface area contributed by atoms with Crippen LogP contribution in [0.5, 0.6) is 11.5 Å². The number of carbonyl (C=O) groups is 2. The van der Waals surface area contributed by atoms with Crippen molar-refractivity contribution in [2.24, 2.45) is 0 Å². The zero-order valence-electron chi connectivity index (χ0n) is 15.9. The third-order valence-corrected chi connectivity index (χ3v) is 5.46. The highest BCUT2D eigenvalue weighted by Gasteiger charge is 2.49. The number of urea groups is 1. The number of amides is 3. The Kier molecular flexibility index (Phi) is 5.10. The number of hydrogen-bond donors (Lipinski definition) is 2. The molecule has 2 aliphatic rings. The lowest BCUT2D eigenvalue weighted by Gasteiger charge is -2.24. The van der Waals surface area contributed by atoms with Crippen LogP contribution in [0.25, 0.3) is 0 Å². The van der Waals surface area contributed by atoms with Crippen LogP contribution >= 0.6 is 11.6 Å². The molecule has 2 aliphatic heterocycles. The molecule has 2 aromatic rings. The van der Waals surface area contributed by atoms with Gasteiger partial charge in [0.2, 0.25) is 0 Å². The summed E-state index contributed by atoms with van der Waals surface area (Å²) in [6, 6.07) is 11.3. The van der Waals surface area contributed by atoms with Crippen molar-refractivity contribution in [3.63, 3.8) is 0 Å². The Labute approximate surface area is 173 Å². The molecule has 3 amide bonds. The first-order valence-corrected chi connectivity index (χ1v) is 9.74. The molecular formula is C21H21ClN2O5. The summed E-state index contributed by atoms with van der Waals surface area (Å²) >= 11 is 5.87. The van der Waals surface area contributed by atoms with E-state index in [1.54, 1.807) is 49.4 Å². The van der Waals surface area contributed by atoms with Crippen LogP contribution in [0.4, 0.5) is 4.79 Å². The van der Waals surface area contributed by atoms with Crippen LogP contribution in [0, 0.1) is 0 Å². The van der Waals surface area contributed by atoms with Crippen molar-refractivity contribution in [1.29, 1.82) is 0 Å². The fraction of sp³-hybridized carbons (Fsp3) is 0.333. The van der Waals surface area contributed by atoms with Gasteiger partial charge in [0.15, 0.2) is 11.5 Å². The number of fused-ring (bicyclic) bond motifs is 1. The second-order valence-electron chi connectivity index (χ2n) is 7.25. The molecule has 0 saturated carbocycles. The van der Waals surface area contributed by atoms with E-state index in [0.29, 0.717) is 40.9 Å². The molecular weight excluding hydrogens is 396 g/mol. The standard InChI is InChI=1S/C21H21ClN2O5/c1-21(14-5-8-17-18(11-14)29-10-2-9-28-17)19(26)24(20(27)23-21)12-16(25)13-3-6-15(22)7-4-13/h3-8,11,16,25H,2,9-10,12H2,1H3,(H,23,27)/t16-,21-/m0/s1. The molecule has 0 radical (unpaired) electrons. The molecule has 0 aliphatic carbocycles. The van der Waals surface area contributed by atoms with Crippen LogP contribution in [-0.4, -0.2) is 41.7 Å². The van der Waals surface area contributed by atoms with Crippen molar-refractivity contribution in [2.45, 2.75) is 25.0 Å². The van der Waals surface area contributed by atoms with Crippen molar-refractivity contribution in [2.75, 3.05) is 19.8 Å². The average molecular weight is 417 g/mol. The molecule has 2 N–H and O–H groups in total. The van der Waals surface area contributed by atoms with Crippen molar-refractivity contribution in [3.05, 3.63) is 58.6 Å². The minimum absolute atomic E-state index is 0.160. The van der Waals surface area contributed by atoms with Gasteiger partial charge in [0, 0.05) is 11.4 Å². The van der Waals surface area contributed by atoms with E-state index in [1.807, 2.05) is 0 Å². The third-order valence-electron chi connectivity index (χ3n) is 5.21. The van der Waals surface area contributed by atoms with Crippen LogP contribution in [-0.2, 0) is 10.3 Å². The smallest absolute Gasteiger partial charge is 0.325 e. The van der Waals surface area contributed by atoms with Crippen LogP contribution < -0.4 is 14.8 Å². The summed E-state index contributed by atoms with van der Waals surface area (Å²) in [5.41, 5.74) is -0.107. The minimum atomic E-state index is -1.26. The summed E-state index contributed by atoms with van der Waals surface area (Å²) < 4.78 is 11.3. The SMILES string of the molecule is C[C@@]1(c2ccc3c(c2)OCCCO3)NC(=O)N(C[C@H](O)c2ccc(Cl)cc2)C1=O. The van der Waals surface area contributed by atoms with Gasteiger partial charge in [-0.3, -0.25) is 9.69 Å². The average Bonchev–Trinajstić information content (AvgIpc) is 2.87. The van der Waals surface area contributed by atoms with Gasteiger partial charge in [0.05, 0.1) is 25.9 Å². The molecule has 152 valence electrons. The van der Waals surface area contributed by atoms with Gasteiger partial charge in [-0.15, -0.1) is 0 Å². The molecule has 8 heteroatoms. The highest BCUT2D eigenvalue weighted by atomic mass is 35.5. The van der Waals surface area contributed by atoms with E-state index < -0.39 is 23.6 Å². The maximum atomic E-state index is 13.1. The summed E-state index contributed by atoms with van der Waals surface area (Å²) in [4.78, 5) is 26.7. The van der Waals surface area contributed by atoms with E-state index in [4.69, 9.17) is 21.1 Å². The van der Waals surface area contributed by atoms with E-state index in [-0.39, 0.29) is 6.54 Å². The molecule has 1 saturated heterocycles. The lowest BCUT2D eigenvalue weighted by Crippen LogP contribution is -2.41. The first kappa shape index (κ1) is 19.5. The Bertz CT molecular complexity index is 949. The predicted octanol–water partition coefficient (Wildman–Crippen LogP) is 3.00. The van der Waals surface area contributed by atoms with Crippen molar-refractivity contribution in [3.8, 4) is 11.5 Å². The molecule has 2 heterocycles. The quantitative estimate of drug-likeness (QED) is 0.748. The molecule has 2 atom stereocenters. The number of β-amino-alcohol motifs (C(OH)–C–C–N with tert-alkyl or cyclic N) is 1. The lowest BCUT2D eigenvalue weighted by atomic mass is 9.91. The van der Waals surface area contributed by atoms with Gasteiger partial charge >= 0.3 is 6.03 Å². The van der Waals surface area contributed by atoms with Crippen molar-refractivity contribution in [1.82, 2.24) is 10.2 Å². The van der Waals surface area contributed by atoms with Gasteiger partial charge in [0.25, 0.3) is 5.91 Å². The predicted molar refractivity (Wildman–Crippen MR) is 106 cm³/mol. The Morgan fingerprint density at radius 2 is 1.83 bits per heavy atom. The monoisotopic (exact) mass is 416 g/mol. The van der Waals surface area contributed by atoms with E-state index >= 15 is 0 Å². The van der Waals surface area contributed by atoms with E-state index in [0.717, 1.165) is 11.3 Å². The zero-order valence-corrected chi connectivity index (χ0v) is 16.6. The second kappa shape index (κ2) is 7.57. The number of imide groups is 1. The van der Waals surface area contributed by atoms with Gasteiger partial charge in [-0.2, -0.15) is 0 Å². The lowest BCUT2D eigenvalue weighted by molar-refractivity contribution is -0.132. The molecule has 29 heavy (non-hydrogen) atoms. The fourth-order valence-electron chi connectivity index (χ4n) is 3.50. The van der Waals surface area contributed by atoms with Gasteiger partial charge in [-0.05, 0) is 42.3 Å². The van der Waals surface area contributed by atoms with Crippen LogP contribution in [0.15, 0.2) is 42.5 Å². The highest BCUT2D eigenvalue weighted by Crippen LogP contribution is 2.37. The topological polar surface area (TPSA) is 88.1 Å². The van der Waals surface area contributed by atoms with Gasteiger partial charge < -0.3 is 19.9 Å². The second-order valence-corrected chi connectivity index (χ2v) is 7.69. The van der Waals surface area contributed by atoms with Crippen molar-refractivity contribution < 1.29 is 24.2 Å². The summed E-state index contributed by atoms with van der Waals surface area (Å²) in [7, 11) is 0. The molecule has 0 unspecified atom stereocenters. The Morgan fingerprint density at radius 1 is 1.14 bits per heavy atom. The molecule has 4 rings (SSSR count). The Hall–Kier alpha value is -2.77. The maximum absolute atomic E-state index is 13.1. The first-order chi connectivity index (χ1) is 13.9. The summed E-state index contributed by atoms with van der Waals surface area (Å²) in [5, 5.41) is 13.8. The van der Waals surface area contributed by atoms with Gasteiger partial charge in [-0.25, -0.2) is 4.79 Å². The number of hydrogen-bond acceptors (Lipinski definition) is 5. The van der Waals surface area contributed by atoms with E-state index in [2.05, 4.69) is 5.32 Å². The summed E-state index contributed by atoms with van der Waals surface area (Å²) in [6.07, 6.45) is -0.249. The first-order valence-electron chi connectivity index (χ1n) is 9.36. The van der Waals surface area contributed by atoms with Gasteiger partial charge in [-0.1, -0.05) is 29.8 Å². The number of benzene rings is 2. The van der Waals surface area contributed by atoms with Crippen LogP contribution in [0.1, 0.15) is 30.6 Å². The molecule has 0 spiro atoms. The summed E-state index contributed by atoms with van der Waals surface area (Å²) in [6.45, 7) is 2.57. The molecule has 0 bridgehead atoms. The van der Waals surface area contributed by atoms with Crippen molar-refractivity contribution >= 4 is 23.5 Å².